The quantitative estimate of drug-likeness (QED) is 0.295. The normalized spacial score (nSPS) is 23.2. The molecule has 14 heteroatoms. The maximum Gasteiger partial charge on any atom is 0.416 e. The van der Waals surface area contributed by atoms with E-state index in [0.29, 0.717) is 21.8 Å². The zero-order chi connectivity index (χ0) is 26.2. The lowest BCUT2D eigenvalue weighted by Crippen LogP contribution is -2.37. The number of methoxy groups -OCH3 is 1. The average Bonchev–Trinajstić information content (AvgIpc) is 3.35. The van der Waals surface area contributed by atoms with E-state index in [2.05, 4.69) is 35.3 Å². The molecule has 1 saturated carbocycles. The van der Waals surface area contributed by atoms with Gasteiger partial charge in [0.1, 0.15) is 22.4 Å². The number of pyridine rings is 1. The van der Waals surface area contributed by atoms with Crippen molar-refractivity contribution in [3.05, 3.63) is 23.7 Å². The number of hydrogen-bond acceptors (Lipinski definition) is 11. The van der Waals surface area contributed by atoms with E-state index in [4.69, 9.17) is 0 Å². The fraction of sp³-hybridized carbons (Fsp3) is 0.545. The van der Waals surface area contributed by atoms with Crippen molar-refractivity contribution >= 4 is 33.3 Å². The summed E-state index contributed by atoms with van der Waals surface area (Å²) in [6, 6.07) is 1.16. The summed E-state index contributed by atoms with van der Waals surface area (Å²) in [6.45, 7) is 2.60. The minimum absolute atomic E-state index is 0.0734. The first-order valence-corrected chi connectivity index (χ1v) is 12.0. The average molecular weight is 529 g/mol. The number of thiazole rings is 1. The van der Waals surface area contributed by atoms with Crippen LogP contribution >= 0.6 is 11.3 Å². The lowest BCUT2D eigenvalue weighted by Gasteiger charge is -2.22. The SMILES string of the molecule is CO[C@@H](CNc1nc(C)c(-c2nc3c(C)nccc3s2)c(N[C@@H]2C[C@H](CO)[C@@H](O)[C@H]2O)n1)C(F)(F)F. The molecular weight excluding hydrogens is 501 g/mol. The van der Waals surface area contributed by atoms with Crippen LogP contribution in [0.25, 0.3) is 20.8 Å². The molecule has 0 saturated heterocycles. The van der Waals surface area contributed by atoms with E-state index in [1.54, 1.807) is 13.1 Å². The predicted octanol–water partition coefficient (Wildman–Crippen LogP) is 2.27. The van der Waals surface area contributed by atoms with Crippen molar-refractivity contribution in [1.82, 2.24) is 19.9 Å². The Hall–Kier alpha value is -2.65. The lowest BCUT2D eigenvalue weighted by atomic mass is 10.1. The van der Waals surface area contributed by atoms with Crippen LogP contribution < -0.4 is 10.6 Å². The molecule has 1 aliphatic carbocycles. The van der Waals surface area contributed by atoms with Crippen LogP contribution in [-0.2, 0) is 4.74 Å². The fourth-order valence-corrected chi connectivity index (χ4v) is 5.35. The number of hydrogen-bond donors (Lipinski definition) is 5. The molecule has 4 rings (SSSR count). The summed E-state index contributed by atoms with van der Waals surface area (Å²) in [6.07, 6.45) is -7.03. The van der Waals surface area contributed by atoms with Crippen LogP contribution in [0.15, 0.2) is 12.3 Å². The van der Waals surface area contributed by atoms with Gasteiger partial charge in [0.15, 0.2) is 6.10 Å². The zero-order valence-corrected chi connectivity index (χ0v) is 20.6. The molecule has 0 bridgehead atoms. The monoisotopic (exact) mass is 528 g/mol. The first-order chi connectivity index (χ1) is 17.0. The summed E-state index contributed by atoms with van der Waals surface area (Å²) in [5, 5.41) is 36.5. The molecule has 10 nitrogen and oxygen atoms in total. The Labute approximate surface area is 208 Å². The molecule has 0 radical (unpaired) electrons. The van der Waals surface area contributed by atoms with E-state index in [1.807, 2.05) is 13.0 Å². The van der Waals surface area contributed by atoms with Crippen LogP contribution in [0.5, 0.6) is 0 Å². The number of aryl methyl sites for hydroxylation is 2. The van der Waals surface area contributed by atoms with Gasteiger partial charge in [-0.2, -0.15) is 18.2 Å². The molecule has 36 heavy (non-hydrogen) atoms. The molecule has 0 unspecified atom stereocenters. The Morgan fingerprint density at radius 3 is 2.53 bits per heavy atom. The van der Waals surface area contributed by atoms with Gasteiger partial charge in [0.25, 0.3) is 0 Å². The summed E-state index contributed by atoms with van der Waals surface area (Å²) >= 11 is 1.38. The molecule has 0 spiro atoms. The van der Waals surface area contributed by atoms with Gasteiger partial charge >= 0.3 is 6.18 Å². The Kier molecular flexibility index (Phi) is 7.61. The molecule has 0 aromatic carbocycles. The van der Waals surface area contributed by atoms with Crippen LogP contribution in [0, 0.1) is 19.8 Å². The van der Waals surface area contributed by atoms with E-state index in [0.717, 1.165) is 17.5 Å². The number of nitrogens with zero attached hydrogens (tertiary/aromatic N) is 4. The number of fused-ring (bicyclic) bond motifs is 1. The fourth-order valence-electron chi connectivity index (χ4n) is 4.24. The standard InChI is InChI=1S/C22H27F3N6O4S/c1-9-15(20-30-16-10(2)26-5-4-13(16)36-20)19(29-12-6-11(8-32)17(33)18(12)34)31-21(28-9)27-7-14(35-3)22(23,24)25/h4-5,11-12,14,17-18,32-34H,6-8H2,1-3H3,(H2,27,28,29,31)/t11-,12-,14+,17-,18+/m1/s1. The summed E-state index contributed by atoms with van der Waals surface area (Å²) in [5.74, 6) is -0.381. The van der Waals surface area contributed by atoms with E-state index in [-0.39, 0.29) is 24.8 Å². The molecule has 0 amide bonds. The third-order valence-electron chi connectivity index (χ3n) is 6.25. The number of anilines is 2. The van der Waals surface area contributed by atoms with Gasteiger partial charge in [0.05, 0.1) is 40.3 Å². The van der Waals surface area contributed by atoms with Gasteiger partial charge in [0, 0.05) is 25.8 Å². The van der Waals surface area contributed by atoms with E-state index in [9.17, 15) is 28.5 Å². The van der Waals surface area contributed by atoms with Crippen LogP contribution in [0.4, 0.5) is 24.9 Å². The smallest absolute Gasteiger partial charge is 0.396 e. The number of rotatable bonds is 8. The van der Waals surface area contributed by atoms with E-state index >= 15 is 0 Å². The minimum atomic E-state index is -4.58. The summed E-state index contributed by atoms with van der Waals surface area (Å²) < 4.78 is 44.8. The molecule has 3 heterocycles. The lowest BCUT2D eigenvalue weighted by molar-refractivity contribution is -0.207. The Balaban J connectivity index is 1.73. The number of aliphatic hydroxyl groups excluding tert-OH is 3. The predicted molar refractivity (Wildman–Crippen MR) is 128 cm³/mol. The van der Waals surface area contributed by atoms with Crippen molar-refractivity contribution in [2.75, 3.05) is 30.9 Å². The number of nitrogens with one attached hydrogen (secondary N) is 2. The maximum absolute atomic E-state index is 13.1. The second kappa shape index (κ2) is 10.4. The summed E-state index contributed by atoms with van der Waals surface area (Å²) in [7, 11) is 0.969. The Morgan fingerprint density at radius 1 is 1.17 bits per heavy atom. The largest absolute Gasteiger partial charge is 0.416 e. The number of ether oxygens (including phenoxy) is 1. The van der Waals surface area contributed by atoms with Crippen molar-refractivity contribution in [3.63, 3.8) is 0 Å². The van der Waals surface area contributed by atoms with Crippen LogP contribution in [0.1, 0.15) is 17.8 Å². The topological polar surface area (TPSA) is 146 Å². The van der Waals surface area contributed by atoms with Gasteiger partial charge < -0.3 is 30.7 Å². The molecule has 5 atom stereocenters. The molecule has 1 fully saturated rings. The van der Waals surface area contributed by atoms with Gasteiger partial charge in [-0.05, 0) is 26.3 Å². The first kappa shape index (κ1) is 26.4. The third kappa shape index (κ3) is 5.22. The van der Waals surface area contributed by atoms with Gasteiger partial charge in [-0.15, -0.1) is 11.3 Å². The highest BCUT2D eigenvalue weighted by Gasteiger charge is 2.42. The van der Waals surface area contributed by atoms with E-state index < -0.39 is 43.0 Å². The molecule has 0 aliphatic heterocycles. The van der Waals surface area contributed by atoms with Gasteiger partial charge in [-0.1, -0.05) is 0 Å². The van der Waals surface area contributed by atoms with Crippen molar-refractivity contribution in [2.45, 2.75) is 50.8 Å². The van der Waals surface area contributed by atoms with Crippen LogP contribution in [0.2, 0.25) is 0 Å². The highest BCUT2D eigenvalue weighted by Crippen LogP contribution is 2.38. The highest BCUT2D eigenvalue weighted by molar-refractivity contribution is 7.21. The maximum atomic E-state index is 13.1. The summed E-state index contributed by atoms with van der Waals surface area (Å²) in [5.41, 5.74) is 2.39. The van der Waals surface area contributed by atoms with Gasteiger partial charge in [-0.3, -0.25) is 4.98 Å². The number of aliphatic hydroxyl groups is 3. The van der Waals surface area contributed by atoms with Crippen molar-refractivity contribution in [2.24, 2.45) is 5.92 Å². The first-order valence-electron chi connectivity index (χ1n) is 11.2. The van der Waals surface area contributed by atoms with Crippen molar-refractivity contribution in [3.8, 4) is 10.6 Å². The Morgan fingerprint density at radius 2 is 1.92 bits per heavy atom. The molecule has 3 aromatic rings. The second-order valence-electron chi connectivity index (χ2n) is 8.68. The van der Waals surface area contributed by atoms with Crippen LogP contribution in [0.3, 0.4) is 0 Å². The minimum Gasteiger partial charge on any atom is -0.396 e. The number of alkyl halides is 3. The second-order valence-corrected chi connectivity index (χ2v) is 9.71. The molecule has 1 aliphatic rings. The Bertz CT molecular complexity index is 1230. The molecular formula is C22H27F3N6O4S. The molecule has 196 valence electrons. The van der Waals surface area contributed by atoms with E-state index in [1.165, 1.54) is 11.3 Å². The molecule has 3 aromatic heterocycles. The van der Waals surface area contributed by atoms with Crippen molar-refractivity contribution < 1.29 is 33.2 Å². The number of aromatic nitrogens is 4. The van der Waals surface area contributed by atoms with Crippen molar-refractivity contribution in [1.29, 1.82) is 0 Å². The summed E-state index contributed by atoms with van der Waals surface area (Å²) in [4.78, 5) is 17.7. The van der Waals surface area contributed by atoms with Gasteiger partial charge in [-0.25, -0.2) is 9.97 Å². The zero-order valence-electron chi connectivity index (χ0n) is 19.7. The molecule has 5 N–H and O–H groups in total. The van der Waals surface area contributed by atoms with Gasteiger partial charge in [0.2, 0.25) is 5.95 Å². The number of halogens is 3. The van der Waals surface area contributed by atoms with Crippen LogP contribution in [-0.4, -0.2) is 86.0 Å². The third-order valence-corrected chi connectivity index (χ3v) is 7.29. The highest BCUT2D eigenvalue weighted by atomic mass is 32.1.